The van der Waals surface area contributed by atoms with Gasteiger partial charge in [-0.25, -0.2) is 4.39 Å². The van der Waals surface area contributed by atoms with E-state index in [-0.39, 0.29) is 5.56 Å². The fourth-order valence-corrected chi connectivity index (χ4v) is 1.92. The molecule has 3 heteroatoms. The number of benzene rings is 2. The summed E-state index contributed by atoms with van der Waals surface area (Å²) in [5, 5.41) is 8.82. The predicted octanol–water partition coefficient (Wildman–Crippen LogP) is 3.64. The Labute approximate surface area is 112 Å². The minimum absolute atomic E-state index is 0.0924. The molecule has 96 valence electrons. The minimum Gasteiger partial charge on any atom is -0.370 e. The summed E-state index contributed by atoms with van der Waals surface area (Å²) in [5.74, 6) is -0.468. The highest BCUT2D eigenvalue weighted by atomic mass is 19.1. The Hall–Kier alpha value is -2.34. The lowest BCUT2D eigenvalue weighted by atomic mass is 10.1. The van der Waals surface area contributed by atoms with Gasteiger partial charge in [-0.2, -0.15) is 5.26 Å². The zero-order valence-electron chi connectivity index (χ0n) is 11.0. The van der Waals surface area contributed by atoms with Crippen molar-refractivity contribution in [3.8, 4) is 6.07 Å². The first-order valence-electron chi connectivity index (χ1n) is 6.06. The Balaban J connectivity index is 2.17. The summed E-state index contributed by atoms with van der Waals surface area (Å²) in [5.41, 5.74) is 3.31. The van der Waals surface area contributed by atoms with Crippen LogP contribution >= 0.6 is 0 Å². The molecule has 0 aliphatic carbocycles. The van der Waals surface area contributed by atoms with Crippen LogP contribution in [-0.4, -0.2) is 7.05 Å². The van der Waals surface area contributed by atoms with Gasteiger partial charge in [0.05, 0.1) is 5.56 Å². The summed E-state index contributed by atoms with van der Waals surface area (Å²) in [7, 11) is 1.97. The van der Waals surface area contributed by atoms with E-state index in [2.05, 4.69) is 17.0 Å². The van der Waals surface area contributed by atoms with Crippen LogP contribution in [0.1, 0.15) is 16.7 Å². The van der Waals surface area contributed by atoms with Gasteiger partial charge < -0.3 is 4.90 Å². The van der Waals surface area contributed by atoms with Gasteiger partial charge in [0.2, 0.25) is 0 Å². The number of rotatable bonds is 3. The Morgan fingerprint density at radius 1 is 1.16 bits per heavy atom. The summed E-state index contributed by atoms with van der Waals surface area (Å²) in [4.78, 5) is 2.06. The van der Waals surface area contributed by atoms with Gasteiger partial charge in [-0.05, 0) is 36.8 Å². The second kappa shape index (κ2) is 5.53. The molecular formula is C16H15FN2. The molecule has 0 amide bonds. The van der Waals surface area contributed by atoms with E-state index in [9.17, 15) is 4.39 Å². The van der Waals surface area contributed by atoms with E-state index in [1.165, 1.54) is 11.6 Å². The van der Waals surface area contributed by atoms with E-state index in [0.717, 1.165) is 11.3 Å². The van der Waals surface area contributed by atoms with Crippen molar-refractivity contribution in [2.45, 2.75) is 13.5 Å². The molecule has 0 fully saturated rings. The highest BCUT2D eigenvalue weighted by Gasteiger charge is 2.06. The van der Waals surface area contributed by atoms with Gasteiger partial charge in [0.15, 0.2) is 0 Å². The van der Waals surface area contributed by atoms with Gasteiger partial charge in [-0.1, -0.05) is 23.8 Å². The maximum absolute atomic E-state index is 13.2. The summed E-state index contributed by atoms with van der Waals surface area (Å²) in [6.07, 6.45) is 0. The van der Waals surface area contributed by atoms with Gasteiger partial charge in [-0.3, -0.25) is 0 Å². The third kappa shape index (κ3) is 3.11. The van der Waals surface area contributed by atoms with Crippen molar-refractivity contribution in [3.63, 3.8) is 0 Å². The number of hydrogen-bond donors (Lipinski definition) is 0. The van der Waals surface area contributed by atoms with Crippen LogP contribution in [0.2, 0.25) is 0 Å². The summed E-state index contributed by atoms with van der Waals surface area (Å²) in [6, 6.07) is 14.7. The van der Waals surface area contributed by atoms with Crippen molar-refractivity contribution in [2.75, 3.05) is 11.9 Å². The molecule has 19 heavy (non-hydrogen) atoms. The third-order valence-electron chi connectivity index (χ3n) is 3.05. The van der Waals surface area contributed by atoms with Crippen molar-refractivity contribution >= 4 is 5.69 Å². The molecule has 2 aromatic carbocycles. The molecule has 0 saturated heterocycles. The fourth-order valence-electron chi connectivity index (χ4n) is 1.92. The zero-order chi connectivity index (χ0) is 13.8. The Morgan fingerprint density at radius 2 is 1.84 bits per heavy atom. The van der Waals surface area contributed by atoms with E-state index in [1.54, 1.807) is 12.1 Å². The molecule has 0 N–H and O–H groups in total. The lowest BCUT2D eigenvalue weighted by molar-refractivity contribution is 0.623. The second-order valence-electron chi connectivity index (χ2n) is 4.62. The molecule has 0 spiro atoms. The Morgan fingerprint density at radius 3 is 2.47 bits per heavy atom. The molecule has 2 nitrogen and oxygen atoms in total. The molecule has 0 radical (unpaired) electrons. The highest BCUT2D eigenvalue weighted by molar-refractivity contribution is 5.47. The molecule has 0 bridgehead atoms. The van der Waals surface area contributed by atoms with Crippen molar-refractivity contribution in [1.29, 1.82) is 5.26 Å². The minimum atomic E-state index is -0.468. The smallest absolute Gasteiger partial charge is 0.140 e. The first-order valence-corrected chi connectivity index (χ1v) is 6.06. The zero-order valence-corrected chi connectivity index (χ0v) is 11.0. The Bertz CT molecular complexity index is 612. The number of nitriles is 1. The summed E-state index contributed by atoms with van der Waals surface area (Å²) in [6.45, 7) is 2.68. The van der Waals surface area contributed by atoms with Gasteiger partial charge in [0.1, 0.15) is 11.9 Å². The van der Waals surface area contributed by atoms with Crippen molar-refractivity contribution in [3.05, 3.63) is 65.0 Å². The third-order valence-corrected chi connectivity index (χ3v) is 3.05. The second-order valence-corrected chi connectivity index (χ2v) is 4.62. The summed E-state index contributed by atoms with van der Waals surface area (Å²) < 4.78 is 13.2. The highest BCUT2D eigenvalue weighted by Crippen LogP contribution is 2.17. The number of anilines is 1. The standard InChI is InChI=1S/C16H15FN2/c1-12-3-6-15(7-4-12)19(2)11-13-5-8-16(17)14(9-13)10-18/h3-9H,11H2,1-2H3. The lowest BCUT2D eigenvalue weighted by Gasteiger charge is -2.19. The molecule has 0 aliphatic heterocycles. The van der Waals surface area contributed by atoms with Gasteiger partial charge in [0.25, 0.3) is 0 Å². The molecule has 2 aromatic rings. The average Bonchev–Trinajstić information content (AvgIpc) is 2.41. The normalized spacial score (nSPS) is 10.0. The maximum atomic E-state index is 13.2. The van der Waals surface area contributed by atoms with E-state index < -0.39 is 5.82 Å². The molecule has 0 saturated carbocycles. The van der Waals surface area contributed by atoms with Crippen LogP contribution in [0.4, 0.5) is 10.1 Å². The van der Waals surface area contributed by atoms with Gasteiger partial charge in [0, 0.05) is 19.3 Å². The van der Waals surface area contributed by atoms with Crippen LogP contribution in [0.25, 0.3) is 0 Å². The van der Waals surface area contributed by atoms with Crippen LogP contribution in [0.15, 0.2) is 42.5 Å². The first kappa shape index (κ1) is 13.1. The van der Waals surface area contributed by atoms with Crippen LogP contribution < -0.4 is 4.90 Å². The fraction of sp³-hybridized carbons (Fsp3) is 0.188. The number of nitrogens with zero attached hydrogens (tertiary/aromatic N) is 2. The van der Waals surface area contributed by atoms with Crippen molar-refractivity contribution in [2.24, 2.45) is 0 Å². The van der Waals surface area contributed by atoms with Crippen LogP contribution in [-0.2, 0) is 6.54 Å². The molecule has 2 rings (SSSR count). The van der Waals surface area contributed by atoms with E-state index >= 15 is 0 Å². The predicted molar refractivity (Wildman–Crippen MR) is 74.4 cm³/mol. The maximum Gasteiger partial charge on any atom is 0.140 e. The molecule has 0 atom stereocenters. The Kier molecular flexibility index (Phi) is 3.82. The number of aryl methyl sites for hydroxylation is 1. The largest absolute Gasteiger partial charge is 0.370 e. The van der Waals surface area contributed by atoms with Crippen molar-refractivity contribution in [1.82, 2.24) is 0 Å². The van der Waals surface area contributed by atoms with Crippen LogP contribution in [0.5, 0.6) is 0 Å². The van der Waals surface area contributed by atoms with Crippen LogP contribution in [0.3, 0.4) is 0 Å². The first-order chi connectivity index (χ1) is 9.10. The lowest BCUT2D eigenvalue weighted by Crippen LogP contribution is -2.16. The average molecular weight is 254 g/mol. The van der Waals surface area contributed by atoms with Gasteiger partial charge >= 0.3 is 0 Å². The van der Waals surface area contributed by atoms with Crippen molar-refractivity contribution < 1.29 is 4.39 Å². The van der Waals surface area contributed by atoms with E-state index in [1.807, 2.05) is 32.2 Å². The molecule has 0 aromatic heterocycles. The van der Waals surface area contributed by atoms with E-state index in [4.69, 9.17) is 5.26 Å². The summed E-state index contributed by atoms with van der Waals surface area (Å²) >= 11 is 0. The molecule has 0 aliphatic rings. The van der Waals surface area contributed by atoms with Gasteiger partial charge in [-0.15, -0.1) is 0 Å². The quantitative estimate of drug-likeness (QED) is 0.836. The SMILES string of the molecule is Cc1ccc(N(C)Cc2ccc(F)c(C#N)c2)cc1. The van der Waals surface area contributed by atoms with E-state index in [0.29, 0.717) is 6.54 Å². The topological polar surface area (TPSA) is 27.0 Å². The number of hydrogen-bond acceptors (Lipinski definition) is 2. The number of halogens is 1. The molecule has 0 unspecified atom stereocenters. The molecular weight excluding hydrogens is 239 g/mol. The monoisotopic (exact) mass is 254 g/mol. The molecule has 0 heterocycles. The van der Waals surface area contributed by atoms with Crippen LogP contribution in [0, 0.1) is 24.1 Å².